The van der Waals surface area contributed by atoms with Gasteiger partial charge in [0, 0.05) is 11.5 Å². The van der Waals surface area contributed by atoms with Crippen molar-refractivity contribution in [2.24, 2.45) is 11.8 Å². The van der Waals surface area contributed by atoms with Crippen molar-refractivity contribution in [3.63, 3.8) is 0 Å². The molecule has 6 aromatic rings. The molecule has 0 radical (unpaired) electrons. The Bertz CT molecular complexity index is 1910. The highest BCUT2D eigenvalue weighted by atomic mass is 16.5. The van der Waals surface area contributed by atoms with E-state index in [1.807, 2.05) is 103 Å². The molecule has 0 spiro atoms. The Labute approximate surface area is 280 Å². The number of carbonyl (C=O) groups excluding carboxylic acids is 2. The van der Waals surface area contributed by atoms with E-state index in [0.717, 1.165) is 51.8 Å². The molecular weight excluding hydrogens is 596 g/mol. The van der Waals surface area contributed by atoms with Gasteiger partial charge in [-0.3, -0.25) is 9.59 Å². The Morgan fingerprint density at radius 2 is 1.29 bits per heavy atom. The number of Topliss-reactive ketones (excluding diaryl/α,β-unsaturated/α-hetero) is 1. The van der Waals surface area contributed by atoms with Gasteiger partial charge in [-0.1, -0.05) is 133 Å². The van der Waals surface area contributed by atoms with Crippen LogP contribution in [0.25, 0.3) is 22.5 Å². The van der Waals surface area contributed by atoms with Crippen molar-refractivity contribution in [2.45, 2.75) is 31.7 Å². The van der Waals surface area contributed by atoms with Crippen LogP contribution in [-0.4, -0.2) is 38.6 Å². The van der Waals surface area contributed by atoms with Gasteiger partial charge in [0.2, 0.25) is 5.82 Å². The average Bonchev–Trinajstić information content (AvgIpc) is 3.89. The van der Waals surface area contributed by atoms with Crippen molar-refractivity contribution < 1.29 is 14.3 Å². The Kier molecular flexibility index (Phi) is 8.75. The molecule has 7 nitrogen and oxygen atoms in total. The van der Waals surface area contributed by atoms with Crippen molar-refractivity contribution in [3.05, 3.63) is 162 Å². The zero-order chi connectivity index (χ0) is 32.9. The van der Waals surface area contributed by atoms with Crippen molar-refractivity contribution in [1.82, 2.24) is 20.2 Å². The first kappa shape index (κ1) is 30.9. The molecule has 0 saturated heterocycles. The van der Waals surface area contributed by atoms with E-state index in [0.29, 0.717) is 5.82 Å². The molecule has 5 aromatic carbocycles. The van der Waals surface area contributed by atoms with Crippen LogP contribution in [0.1, 0.15) is 42.0 Å². The number of aromatic nitrogens is 4. The molecule has 7 heteroatoms. The lowest BCUT2D eigenvalue weighted by Crippen LogP contribution is -2.39. The molecule has 1 atom stereocenters. The van der Waals surface area contributed by atoms with Crippen LogP contribution in [0.2, 0.25) is 0 Å². The summed E-state index contributed by atoms with van der Waals surface area (Å²) in [6.45, 7) is 1.99. The van der Waals surface area contributed by atoms with Gasteiger partial charge in [0.25, 0.3) is 0 Å². The number of ketones is 1. The number of nitrogens with zero attached hydrogens (tertiary/aromatic N) is 4. The summed E-state index contributed by atoms with van der Waals surface area (Å²) in [5, 5.41) is 14.6. The number of esters is 1. The second-order valence-corrected chi connectivity index (χ2v) is 12.1. The fourth-order valence-electron chi connectivity index (χ4n) is 6.55. The van der Waals surface area contributed by atoms with Gasteiger partial charge in [-0.05, 0) is 70.8 Å². The smallest absolute Gasteiger partial charge is 0.316 e. The summed E-state index contributed by atoms with van der Waals surface area (Å²) in [6, 6.07) is 46.7. The zero-order valence-electron chi connectivity index (χ0n) is 26.8. The van der Waals surface area contributed by atoms with E-state index in [4.69, 9.17) is 20.1 Å². The first-order valence-corrected chi connectivity index (χ1v) is 16.5. The summed E-state index contributed by atoms with van der Waals surface area (Å²) in [4.78, 5) is 28.0. The van der Waals surface area contributed by atoms with Crippen LogP contribution in [0.3, 0.4) is 0 Å². The number of hydrogen-bond acceptors (Lipinski definition) is 6. The fourth-order valence-corrected chi connectivity index (χ4v) is 6.55. The molecule has 1 unspecified atom stereocenters. The Hall–Kier alpha value is -5.69. The summed E-state index contributed by atoms with van der Waals surface area (Å²) < 4.78 is 5.35. The van der Waals surface area contributed by atoms with Crippen LogP contribution in [0.4, 0.5) is 0 Å². The van der Waals surface area contributed by atoms with Gasteiger partial charge in [0.05, 0.1) is 6.61 Å². The van der Waals surface area contributed by atoms with Gasteiger partial charge in [0.15, 0.2) is 11.3 Å². The normalized spacial score (nSPS) is 13.5. The molecule has 1 saturated carbocycles. The quantitative estimate of drug-likeness (QED) is 0.0787. The van der Waals surface area contributed by atoms with E-state index in [1.165, 1.54) is 0 Å². The second kappa shape index (κ2) is 13.6. The van der Waals surface area contributed by atoms with Crippen molar-refractivity contribution >= 4 is 11.8 Å². The Balaban J connectivity index is 1.39. The molecule has 1 aliphatic rings. The molecule has 0 amide bonds. The predicted octanol–water partition coefficient (Wildman–Crippen LogP) is 7.55. The number of tetrazole rings is 1. The minimum atomic E-state index is -0.925. The Morgan fingerprint density at radius 3 is 1.81 bits per heavy atom. The molecule has 1 aromatic heterocycles. The van der Waals surface area contributed by atoms with Crippen molar-refractivity contribution in [3.8, 4) is 22.5 Å². The topological polar surface area (TPSA) is 87.0 Å². The predicted molar refractivity (Wildman–Crippen MR) is 185 cm³/mol. The van der Waals surface area contributed by atoms with Crippen molar-refractivity contribution in [2.75, 3.05) is 6.61 Å². The zero-order valence-corrected chi connectivity index (χ0v) is 26.8. The summed E-state index contributed by atoms with van der Waals surface area (Å²) in [5.41, 5.74) is 5.53. The van der Waals surface area contributed by atoms with E-state index in [9.17, 15) is 9.59 Å². The SMILES string of the molecule is CCOC(=O)C(Cc1ccc(-c2ccccc2)c(-c2nnn(C(c3ccccc3)(c3ccccc3)c3ccccc3)n2)c1)C(=O)C1CC1. The standard InChI is InChI=1S/C41H36N4O3/c1-2-48-40(47)37(38(46)31-24-25-31)28-29-23-26-35(30-15-7-3-8-16-30)36(27-29)39-42-44-45(43-39)41(32-17-9-4-10-18-32,33-19-11-5-12-20-33)34-21-13-6-14-22-34/h3-23,26-27,31,37H,2,24-25,28H2,1H3. The van der Waals surface area contributed by atoms with Crippen LogP contribution in [0.15, 0.2) is 140 Å². The third-order valence-electron chi connectivity index (χ3n) is 9.03. The molecule has 7 rings (SSSR count). The number of rotatable bonds is 12. The van der Waals surface area contributed by atoms with Gasteiger partial charge in [-0.2, -0.15) is 0 Å². The highest BCUT2D eigenvalue weighted by Gasteiger charge is 2.42. The van der Waals surface area contributed by atoms with Crippen LogP contribution in [0, 0.1) is 11.8 Å². The average molecular weight is 633 g/mol. The molecule has 0 N–H and O–H groups in total. The molecule has 0 aliphatic heterocycles. The monoisotopic (exact) mass is 632 g/mol. The minimum Gasteiger partial charge on any atom is -0.465 e. The summed E-state index contributed by atoms with van der Waals surface area (Å²) in [6.07, 6.45) is 1.89. The summed E-state index contributed by atoms with van der Waals surface area (Å²) >= 11 is 0. The number of ether oxygens (including phenoxy) is 1. The maximum Gasteiger partial charge on any atom is 0.316 e. The molecule has 48 heavy (non-hydrogen) atoms. The van der Waals surface area contributed by atoms with E-state index in [2.05, 4.69) is 36.4 Å². The van der Waals surface area contributed by atoms with Gasteiger partial charge >= 0.3 is 5.97 Å². The van der Waals surface area contributed by atoms with E-state index in [1.54, 1.807) is 11.7 Å². The molecule has 1 aliphatic carbocycles. The van der Waals surface area contributed by atoms with E-state index >= 15 is 0 Å². The summed E-state index contributed by atoms with van der Waals surface area (Å²) in [7, 11) is 0. The molecular formula is C41H36N4O3. The number of hydrogen-bond donors (Lipinski definition) is 0. The first-order chi connectivity index (χ1) is 23.6. The third kappa shape index (κ3) is 5.95. The maximum atomic E-state index is 13.2. The van der Waals surface area contributed by atoms with E-state index in [-0.39, 0.29) is 24.7 Å². The largest absolute Gasteiger partial charge is 0.465 e. The van der Waals surface area contributed by atoms with Gasteiger partial charge in [-0.25, -0.2) is 0 Å². The highest BCUT2D eigenvalue weighted by molar-refractivity contribution is 6.01. The van der Waals surface area contributed by atoms with Crippen LogP contribution in [0.5, 0.6) is 0 Å². The van der Waals surface area contributed by atoms with Crippen LogP contribution >= 0.6 is 0 Å². The second-order valence-electron chi connectivity index (χ2n) is 12.1. The fraction of sp³-hybridized carbons (Fsp3) is 0.195. The number of carbonyl (C=O) groups is 2. The molecule has 1 fully saturated rings. The van der Waals surface area contributed by atoms with Crippen molar-refractivity contribution in [1.29, 1.82) is 0 Å². The summed E-state index contributed by atoms with van der Waals surface area (Å²) in [5.74, 6) is -0.983. The van der Waals surface area contributed by atoms with Crippen LogP contribution in [-0.2, 0) is 26.3 Å². The molecule has 238 valence electrons. The van der Waals surface area contributed by atoms with Crippen LogP contribution < -0.4 is 0 Å². The van der Waals surface area contributed by atoms with E-state index < -0.39 is 17.4 Å². The van der Waals surface area contributed by atoms with Gasteiger partial charge < -0.3 is 4.74 Å². The lowest BCUT2D eigenvalue weighted by molar-refractivity contribution is -0.151. The number of benzene rings is 5. The molecule has 0 bridgehead atoms. The molecule has 1 heterocycles. The third-order valence-corrected chi connectivity index (χ3v) is 9.03. The lowest BCUT2D eigenvalue weighted by Gasteiger charge is -2.34. The minimum absolute atomic E-state index is 0.0374. The first-order valence-electron chi connectivity index (χ1n) is 16.5. The van der Waals surface area contributed by atoms with Gasteiger partial charge in [-0.15, -0.1) is 15.0 Å². The van der Waals surface area contributed by atoms with Gasteiger partial charge in [0.1, 0.15) is 5.92 Å². The lowest BCUT2D eigenvalue weighted by atomic mass is 9.77. The maximum absolute atomic E-state index is 13.2. The Morgan fingerprint density at radius 1 is 0.750 bits per heavy atom. The highest BCUT2D eigenvalue weighted by Crippen LogP contribution is 2.41.